The van der Waals surface area contributed by atoms with Gasteiger partial charge in [-0.2, -0.15) is 0 Å². The Balaban J connectivity index is 2.66. The smallest absolute Gasteiger partial charge is 0.114 e. The van der Waals surface area contributed by atoms with Crippen LogP contribution in [0.25, 0.3) is 0 Å². The Morgan fingerprint density at radius 2 is 2.18 bits per heavy atom. The number of rotatable bonds is 5. The molecular weight excluding hydrogens is 230 g/mol. The summed E-state index contributed by atoms with van der Waals surface area (Å²) < 4.78 is 0. The van der Waals surface area contributed by atoms with E-state index in [2.05, 4.69) is 47.8 Å². The summed E-state index contributed by atoms with van der Waals surface area (Å²) in [5, 5.41) is 3.12. The third-order valence-electron chi connectivity index (χ3n) is 2.13. The fourth-order valence-electron chi connectivity index (χ4n) is 1.56. The van der Waals surface area contributed by atoms with Gasteiger partial charge in [0.05, 0.1) is 13.1 Å². The third-order valence-corrected chi connectivity index (χ3v) is 3.08. The highest BCUT2D eigenvalue weighted by Gasteiger charge is 2.14. The van der Waals surface area contributed by atoms with Gasteiger partial charge in [-0.1, -0.05) is 20.8 Å². The van der Waals surface area contributed by atoms with Gasteiger partial charge in [-0.05, 0) is 25.5 Å². The lowest BCUT2D eigenvalue weighted by molar-refractivity contribution is 0.432. The molecule has 94 valence electrons. The lowest BCUT2D eigenvalue weighted by atomic mass is 9.89. The summed E-state index contributed by atoms with van der Waals surface area (Å²) >= 11 is 1.66. The van der Waals surface area contributed by atoms with Crippen LogP contribution in [0.1, 0.15) is 37.9 Å². The Labute approximate surface area is 108 Å². The molecule has 0 atom stereocenters. The van der Waals surface area contributed by atoms with Crippen molar-refractivity contribution in [2.24, 2.45) is 15.4 Å². The number of aliphatic imine (C=N–C) groups is 2. The number of nitrogens with zero attached hydrogens (tertiary/aromatic N) is 3. The molecule has 4 heteroatoms. The Morgan fingerprint density at radius 3 is 2.65 bits per heavy atom. The molecular formula is C13H21N3S. The van der Waals surface area contributed by atoms with Gasteiger partial charge < -0.3 is 0 Å². The minimum Gasteiger partial charge on any atom is -0.295 e. The minimum atomic E-state index is 0.238. The lowest BCUT2D eigenvalue weighted by Gasteiger charge is -2.18. The normalized spacial score (nSPS) is 12.8. The molecule has 0 aliphatic carbocycles. The quantitative estimate of drug-likeness (QED) is 0.738. The van der Waals surface area contributed by atoms with E-state index in [-0.39, 0.29) is 5.41 Å². The molecule has 0 aliphatic rings. The molecule has 0 aliphatic heterocycles. The zero-order valence-electron chi connectivity index (χ0n) is 11.2. The van der Waals surface area contributed by atoms with Gasteiger partial charge in [-0.3, -0.25) is 9.98 Å². The van der Waals surface area contributed by atoms with Crippen LogP contribution in [0.4, 0.5) is 0 Å². The predicted molar refractivity (Wildman–Crippen MR) is 76.5 cm³/mol. The SMILES string of the molecule is C=NC/C(CC(C)(C)C)=N\Cc1nc(C)cs1. The van der Waals surface area contributed by atoms with E-state index in [1.54, 1.807) is 11.3 Å². The van der Waals surface area contributed by atoms with Crippen molar-refractivity contribution in [2.75, 3.05) is 6.54 Å². The minimum absolute atomic E-state index is 0.238. The van der Waals surface area contributed by atoms with Gasteiger partial charge in [0.1, 0.15) is 5.01 Å². The summed E-state index contributed by atoms with van der Waals surface area (Å²) in [5.74, 6) is 0. The van der Waals surface area contributed by atoms with E-state index < -0.39 is 0 Å². The van der Waals surface area contributed by atoms with Gasteiger partial charge in [0.15, 0.2) is 0 Å². The summed E-state index contributed by atoms with van der Waals surface area (Å²) in [6.07, 6.45) is 0.955. The topological polar surface area (TPSA) is 37.6 Å². The average Bonchev–Trinajstić information content (AvgIpc) is 2.59. The van der Waals surface area contributed by atoms with Crippen molar-refractivity contribution in [3.63, 3.8) is 0 Å². The van der Waals surface area contributed by atoms with Gasteiger partial charge in [-0.15, -0.1) is 11.3 Å². The second-order valence-electron chi connectivity index (χ2n) is 5.38. The fourth-order valence-corrected chi connectivity index (χ4v) is 2.25. The summed E-state index contributed by atoms with van der Waals surface area (Å²) in [4.78, 5) is 13.0. The molecule has 0 bridgehead atoms. The number of thiazole rings is 1. The lowest BCUT2D eigenvalue weighted by Crippen LogP contribution is -2.15. The molecule has 0 saturated carbocycles. The van der Waals surface area contributed by atoms with Gasteiger partial charge in [0.2, 0.25) is 0 Å². The Morgan fingerprint density at radius 1 is 1.47 bits per heavy atom. The maximum absolute atomic E-state index is 4.61. The standard InChI is InChI=1S/C13H21N3S/c1-10-9-17-12(16-10)8-15-11(7-14-5)6-13(2,3)4/h9H,5-8H2,1-4H3/b15-11-. The molecule has 1 rings (SSSR count). The largest absolute Gasteiger partial charge is 0.295 e. The molecule has 17 heavy (non-hydrogen) atoms. The van der Waals surface area contributed by atoms with Crippen LogP contribution in [0.15, 0.2) is 15.4 Å². The molecule has 0 amide bonds. The van der Waals surface area contributed by atoms with Crippen LogP contribution in [0.5, 0.6) is 0 Å². The molecule has 1 heterocycles. The van der Waals surface area contributed by atoms with Crippen LogP contribution < -0.4 is 0 Å². The number of aryl methyl sites for hydroxylation is 1. The van der Waals surface area contributed by atoms with Gasteiger partial charge in [0.25, 0.3) is 0 Å². The first-order valence-electron chi connectivity index (χ1n) is 5.76. The van der Waals surface area contributed by atoms with Crippen molar-refractivity contribution < 1.29 is 0 Å². The molecule has 0 fully saturated rings. The van der Waals surface area contributed by atoms with Crippen LogP contribution in [0.3, 0.4) is 0 Å². The summed E-state index contributed by atoms with van der Waals surface area (Å²) in [5.41, 5.74) is 2.42. The summed E-state index contributed by atoms with van der Waals surface area (Å²) in [6, 6.07) is 0. The summed E-state index contributed by atoms with van der Waals surface area (Å²) in [6.45, 7) is 13.5. The zero-order valence-corrected chi connectivity index (χ0v) is 12.0. The number of aromatic nitrogens is 1. The highest BCUT2D eigenvalue weighted by molar-refractivity contribution is 7.09. The molecule has 1 aromatic heterocycles. The van der Waals surface area contributed by atoms with Crippen molar-refractivity contribution in [1.82, 2.24) is 4.98 Å². The fraction of sp³-hybridized carbons (Fsp3) is 0.615. The van der Waals surface area contributed by atoms with E-state index >= 15 is 0 Å². The van der Waals surface area contributed by atoms with Crippen LogP contribution in [-0.4, -0.2) is 24.0 Å². The average molecular weight is 251 g/mol. The summed E-state index contributed by atoms with van der Waals surface area (Å²) in [7, 11) is 0. The van der Waals surface area contributed by atoms with Crippen molar-refractivity contribution in [3.05, 3.63) is 16.1 Å². The van der Waals surface area contributed by atoms with Gasteiger partial charge in [0, 0.05) is 16.8 Å². The molecule has 0 unspecified atom stereocenters. The molecule has 0 aromatic carbocycles. The van der Waals surface area contributed by atoms with E-state index in [1.807, 2.05) is 6.92 Å². The van der Waals surface area contributed by atoms with Crippen LogP contribution in [0.2, 0.25) is 0 Å². The van der Waals surface area contributed by atoms with Crippen LogP contribution in [-0.2, 0) is 6.54 Å². The first-order chi connectivity index (χ1) is 7.90. The van der Waals surface area contributed by atoms with E-state index in [0.29, 0.717) is 13.1 Å². The van der Waals surface area contributed by atoms with Crippen molar-refractivity contribution in [2.45, 2.75) is 40.7 Å². The molecule has 1 aromatic rings. The first kappa shape index (κ1) is 14.0. The van der Waals surface area contributed by atoms with Crippen molar-refractivity contribution >= 4 is 23.8 Å². The number of hydrogen-bond acceptors (Lipinski definition) is 4. The van der Waals surface area contributed by atoms with Crippen LogP contribution in [0, 0.1) is 12.3 Å². The van der Waals surface area contributed by atoms with E-state index in [0.717, 1.165) is 22.8 Å². The van der Waals surface area contributed by atoms with Crippen molar-refractivity contribution in [1.29, 1.82) is 0 Å². The Kier molecular flexibility index (Phi) is 5.00. The molecule has 3 nitrogen and oxygen atoms in total. The first-order valence-corrected chi connectivity index (χ1v) is 6.64. The Hall–Kier alpha value is -1.03. The van der Waals surface area contributed by atoms with Gasteiger partial charge >= 0.3 is 0 Å². The highest BCUT2D eigenvalue weighted by Crippen LogP contribution is 2.20. The maximum Gasteiger partial charge on any atom is 0.114 e. The van der Waals surface area contributed by atoms with Crippen LogP contribution >= 0.6 is 11.3 Å². The number of hydrogen-bond donors (Lipinski definition) is 0. The maximum atomic E-state index is 4.61. The third kappa shape index (κ3) is 5.73. The molecule has 0 saturated heterocycles. The van der Waals surface area contributed by atoms with E-state index in [4.69, 9.17) is 0 Å². The zero-order chi connectivity index (χ0) is 12.9. The molecule has 0 N–H and O–H groups in total. The second kappa shape index (κ2) is 6.05. The second-order valence-corrected chi connectivity index (χ2v) is 6.33. The highest BCUT2D eigenvalue weighted by atomic mass is 32.1. The van der Waals surface area contributed by atoms with E-state index in [1.165, 1.54) is 0 Å². The monoisotopic (exact) mass is 251 g/mol. The van der Waals surface area contributed by atoms with Crippen molar-refractivity contribution in [3.8, 4) is 0 Å². The molecule has 0 spiro atoms. The van der Waals surface area contributed by atoms with E-state index in [9.17, 15) is 0 Å². The van der Waals surface area contributed by atoms with Gasteiger partial charge in [-0.25, -0.2) is 4.98 Å². The molecule has 0 radical (unpaired) electrons. The Bertz CT molecular complexity index is 399. The predicted octanol–water partition coefficient (Wildman–Crippen LogP) is 3.53.